The van der Waals surface area contributed by atoms with E-state index in [1.54, 1.807) is 6.20 Å². The van der Waals surface area contributed by atoms with Crippen molar-refractivity contribution in [1.29, 1.82) is 0 Å². The smallest absolute Gasteiger partial charge is 0.273 e. The monoisotopic (exact) mass is 382 g/mol. The molecule has 150 valence electrons. The van der Waals surface area contributed by atoms with Crippen LogP contribution in [-0.4, -0.2) is 58.0 Å². The van der Waals surface area contributed by atoms with E-state index in [-0.39, 0.29) is 11.9 Å². The van der Waals surface area contributed by atoms with Gasteiger partial charge in [0.2, 0.25) is 0 Å². The summed E-state index contributed by atoms with van der Waals surface area (Å²) in [5.41, 5.74) is 1.78. The molecule has 2 aliphatic heterocycles. The Hall–Kier alpha value is -2.25. The first kappa shape index (κ1) is 19.1. The Balaban J connectivity index is 1.28. The number of hydrogen-bond donors (Lipinski definition) is 2. The van der Waals surface area contributed by atoms with Gasteiger partial charge in [-0.05, 0) is 51.3 Å². The molecule has 0 spiro atoms. The fraction of sp³-hybridized carbons (Fsp3) is 0.571. The van der Waals surface area contributed by atoms with Crippen LogP contribution in [0.2, 0.25) is 0 Å². The zero-order chi connectivity index (χ0) is 19.3. The Labute approximate surface area is 166 Å². The third kappa shape index (κ3) is 4.42. The van der Waals surface area contributed by atoms with Gasteiger partial charge in [0.15, 0.2) is 5.69 Å². The molecule has 7 nitrogen and oxygen atoms in total. The SMILES string of the molecule is CC(c1ccccc1)N1CCC(NC(=O)c2cn(C3CCNCC3)nn2)CC1. The standard InChI is InChI=1S/C21H30N6O/c1-16(17-5-3-2-4-6-17)26-13-9-18(10-14-26)23-21(28)20-15-27(25-24-20)19-7-11-22-12-8-19/h2-6,15-16,18-19,22H,7-14H2,1H3,(H,23,28). The summed E-state index contributed by atoms with van der Waals surface area (Å²) in [5, 5.41) is 14.8. The van der Waals surface area contributed by atoms with Crippen LogP contribution in [-0.2, 0) is 0 Å². The minimum absolute atomic E-state index is 0.102. The van der Waals surface area contributed by atoms with Gasteiger partial charge in [0.25, 0.3) is 5.91 Å². The maximum atomic E-state index is 12.6. The van der Waals surface area contributed by atoms with Crippen LogP contribution in [0.1, 0.15) is 60.7 Å². The Morgan fingerprint density at radius 3 is 2.57 bits per heavy atom. The van der Waals surface area contributed by atoms with Crippen LogP contribution >= 0.6 is 0 Å². The third-order valence-electron chi connectivity index (χ3n) is 6.12. The second-order valence-corrected chi connectivity index (χ2v) is 7.94. The molecule has 0 radical (unpaired) electrons. The molecule has 28 heavy (non-hydrogen) atoms. The molecule has 2 saturated heterocycles. The van der Waals surface area contributed by atoms with Crippen molar-refractivity contribution in [3.05, 3.63) is 47.8 Å². The third-order valence-corrected chi connectivity index (χ3v) is 6.12. The molecule has 0 aliphatic carbocycles. The van der Waals surface area contributed by atoms with E-state index in [2.05, 4.69) is 63.1 Å². The number of hydrogen-bond acceptors (Lipinski definition) is 5. The minimum Gasteiger partial charge on any atom is -0.348 e. The van der Waals surface area contributed by atoms with Gasteiger partial charge in [-0.25, -0.2) is 4.68 Å². The zero-order valence-electron chi connectivity index (χ0n) is 16.6. The number of likely N-dealkylation sites (tertiary alicyclic amines) is 1. The summed E-state index contributed by atoms with van der Waals surface area (Å²) < 4.78 is 1.86. The van der Waals surface area contributed by atoms with Crippen LogP contribution in [0.5, 0.6) is 0 Å². The van der Waals surface area contributed by atoms with Crippen LogP contribution in [0.4, 0.5) is 0 Å². The van der Waals surface area contributed by atoms with E-state index in [1.165, 1.54) is 5.56 Å². The average molecular weight is 383 g/mol. The summed E-state index contributed by atoms with van der Waals surface area (Å²) in [7, 11) is 0. The molecular formula is C21H30N6O. The number of nitrogens with one attached hydrogen (secondary N) is 2. The minimum atomic E-state index is -0.102. The Bertz CT molecular complexity index is 762. The topological polar surface area (TPSA) is 75.1 Å². The molecule has 1 unspecified atom stereocenters. The lowest BCUT2D eigenvalue weighted by atomic mass is 10.00. The van der Waals surface area contributed by atoms with Crippen LogP contribution in [0, 0.1) is 0 Å². The van der Waals surface area contributed by atoms with Crippen molar-refractivity contribution >= 4 is 5.91 Å². The summed E-state index contributed by atoms with van der Waals surface area (Å²) in [4.78, 5) is 15.1. The van der Waals surface area contributed by atoms with Gasteiger partial charge in [0.1, 0.15) is 0 Å². The van der Waals surface area contributed by atoms with Gasteiger partial charge in [-0.3, -0.25) is 9.69 Å². The molecular weight excluding hydrogens is 352 g/mol. The van der Waals surface area contributed by atoms with Crippen molar-refractivity contribution in [2.75, 3.05) is 26.2 Å². The highest BCUT2D eigenvalue weighted by molar-refractivity contribution is 5.92. The molecule has 2 N–H and O–H groups in total. The van der Waals surface area contributed by atoms with E-state index in [0.717, 1.165) is 51.9 Å². The number of carbonyl (C=O) groups excluding carboxylic acids is 1. The largest absolute Gasteiger partial charge is 0.348 e. The highest BCUT2D eigenvalue weighted by atomic mass is 16.2. The predicted molar refractivity (Wildman–Crippen MR) is 108 cm³/mol. The quantitative estimate of drug-likeness (QED) is 0.829. The Morgan fingerprint density at radius 2 is 1.86 bits per heavy atom. The second-order valence-electron chi connectivity index (χ2n) is 7.94. The van der Waals surface area contributed by atoms with E-state index in [1.807, 2.05) is 4.68 Å². The van der Waals surface area contributed by atoms with Crippen molar-refractivity contribution in [3.63, 3.8) is 0 Å². The van der Waals surface area contributed by atoms with E-state index in [4.69, 9.17) is 0 Å². The van der Waals surface area contributed by atoms with Crippen molar-refractivity contribution in [3.8, 4) is 0 Å². The van der Waals surface area contributed by atoms with Crippen LogP contribution in [0.3, 0.4) is 0 Å². The summed E-state index contributed by atoms with van der Waals surface area (Å²) in [6.45, 7) is 6.22. The molecule has 1 aromatic carbocycles. The first-order valence-electron chi connectivity index (χ1n) is 10.4. The van der Waals surface area contributed by atoms with E-state index >= 15 is 0 Å². The number of aromatic nitrogens is 3. The lowest BCUT2D eigenvalue weighted by Gasteiger charge is -2.36. The molecule has 1 aromatic heterocycles. The molecule has 2 fully saturated rings. The number of piperidine rings is 2. The van der Waals surface area contributed by atoms with Crippen molar-refractivity contribution in [2.24, 2.45) is 0 Å². The number of rotatable bonds is 5. The lowest BCUT2D eigenvalue weighted by Crippen LogP contribution is -2.45. The number of carbonyl (C=O) groups is 1. The van der Waals surface area contributed by atoms with E-state index in [9.17, 15) is 4.79 Å². The molecule has 3 heterocycles. The lowest BCUT2D eigenvalue weighted by molar-refractivity contribution is 0.0891. The Morgan fingerprint density at radius 1 is 1.14 bits per heavy atom. The molecule has 1 amide bonds. The van der Waals surface area contributed by atoms with Gasteiger partial charge in [-0.1, -0.05) is 35.5 Å². The van der Waals surface area contributed by atoms with Crippen molar-refractivity contribution in [2.45, 2.75) is 50.7 Å². The molecule has 4 rings (SSSR count). The van der Waals surface area contributed by atoms with E-state index < -0.39 is 0 Å². The fourth-order valence-corrected chi connectivity index (χ4v) is 4.26. The Kier molecular flexibility index (Phi) is 6.02. The summed E-state index contributed by atoms with van der Waals surface area (Å²) in [6.07, 6.45) is 5.79. The molecule has 2 aromatic rings. The van der Waals surface area contributed by atoms with Crippen molar-refractivity contribution < 1.29 is 4.79 Å². The highest BCUT2D eigenvalue weighted by Crippen LogP contribution is 2.24. The molecule has 2 aliphatic rings. The predicted octanol–water partition coefficient (Wildman–Crippen LogP) is 2.16. The van der Waals surface area contributed by atoms with Crippen LogP contribution < -0.4 is 10.6 Å². The summed E-state index contributed by atoms with van der Waals surface area (Å²) >= 11 is 0. The zero-order valence-corrected chi connectivity index (χ0v) is 16.6. The van der Waals surface area contributed by atoms with Gasteiger partial charge < -0.3 is 10.6 Å². The van der Waals surface area contributed by atoms with Gasteiger partial charge in [-0.15, -0.1) is 5.10 Å². The van der Waals surface area contributed by atoms with E-state index in [0.29, 0.717) is 17.8 Å². The first-order chi connectivity index (χ1) is 13.7. The van der Waals surface area contributed by atoms with Gasteiger partial charge in [0, 0.05) is 25.2 Å². The molecule has 1 atom stereocenters. The van der Waals surface area contributed by atoms with Crippen molar-refractivity contribution in [1.82, 2.24) is 30.5 Å². The average Bonchev–Trinajstić information content (AvgIpc) is 3.26. The molecule has 0 bridgehead atoms. The van der Waals surface area contributed by atoms with Gasteiger partial charge >= 0.3 is 0 Å². The first-order valence-corrected chi connectivity index (χ1v) is 10.4. The van der Waals surface area contributed by atoms with Gasteiger partial charge in [-0.2, -0.15) is 0 Å². The van der Waals surface area contributed by atoms with Gasteiger partial charge in [0.05, 0.1) is 12.2 Å². The molecule has 7 heteroatoms. The number of benzene rings is 1. The maximum Gasteiger partial charge on any atom is 0.273 e. The summed E-state index contributed by atoms with van der Waals surface area (Å²) in [5.74, 6) is -0.102. The van der Waals surface area contributed by atoms with Crippen LogP contribution in [0.25, 0.3) is 0 Å². The maximum absolute atomic E-state index is 12.6. The number of nitrogens with zero attached hydrogens (tertiary/aromatic N) is 4. The normalized spacial score (nSPS) is 20.8. The van der Waals surface area contributed by atoms with Crippen LogP contribution in [0.15, 0.2) is 36.5 Å². The molecule has 0 saturated carbocycles. The fourth-order valence-electron chi connectivity index (χ4n) is 4.26. The second kappa shape index (κ2) is 8.84. The highest BCUT2D eigenvalue weighted by Gasteiger charge is 2.26. The number of amides is 1. The summed E-state index contributed by atoms with van der Waals surface area (Å²) in [6, 6.07) is 11.6.